The molecule has 36 heavy (non-hydrogen) atoms. The number of methoxy groups -OCH3 is 6. The molecule has 0 heterocycles. The molecule has 10 heteroatoms. The summed E-state index contributed by atoms with van der Waals surface area (Å²) in [7, 11) is 8.33. The summed E-state index contributed by atoms with van der Waals surface area (Å²) in [6, 6.07) is 5.05. The SMILES string of the molecule is CCOc1c(C(=O)OC)c(O)c2c(c1-c1ccc(OC)c(OC)c1)C(OC)=C(OC)C(OC)C2=C=O. The van der Waals surface area contributed by atoms with E-state index in [2.05, 4.69) is 0 Å². The molecule has 1 N–H and O–H groups in total. The molecule has 3 rings (SSSR count). The largest absolute Gasteiger partial charge is 0.506 e. The van der Waals surface area contributed by atoms with E-state index in [0.29, 0.717) is 22.6 Å². The van der Waals surface area contributed by atoms with Gasteiger partial charge in [0.15, 0.2) is 29.1 Å². The second-order valence-electron chi connectivity index (χ2n) is 7.41. The number of ether oxygens (including phenoxy) is 7. The van der Waals surface area contributed by atoms with Crippen LogP contribution in [-0.4, -0.2) is 72.4 Å². The molecular formula is C26H28O10. The summed E-state index contributed by atoms with van der Waals surface area (Å²) in [5, 5.41) is 11.4. The second kappa shape index (κ2) is 11.1. The third-order valence-corrected chi connectivity index (χ3v) is 5.77. The molecule has 1 atom stereocenters. The number of carbonyl (C=O) groups excluding carboxylic acids is 2. The van der Waals surface area contributed by atoms with Gasteiger partial charge >= 0.3 is 5.97 Å². The number of phenols is 1. The van der Waals surface area contributed by atoms with Gasteiger partial charge in [-0.2, -0.15) is 0 Å². The maximum Gasteiger partial charge on any atom is 0.345 e. The van der Waals surface area contributed by atoms with E-state index in [9.17, 15) is 14.7 Å². The van der Waals surface area contributed by atoms with Gasteiger partial charge in [-0.25, -0.2) is 9.59 Å². The first kappa shape index (κ1) is 26.5. The first-order valence-corrected chi connectivity index (χ1v) is 10.9. The molecule has 0 saturated heterocycles. The summed E-state index contributed by atoms with van der Waals surface area (Å²) >= 11 is 0. The highest BCUT2D eigenvalue weighted by atomic mass is 16.5. The van der Waals surface area contributed by atoms with Crippen molar-refractivity contribution in [2.24, 2.45) is 0 Å². The Hall–Kier alpha value is -4.14. The van der Waals surface area contributed by atoms with Crippen molar-refractivity contribution in [1.82, 2.24) is 0 Å². The number of rotatable bonds is 9. The fourth-order valence-corrected chi connectivity index (χ4v) is 4.29. The fraction of sp³-hybridized carbons (Fsp3) is 0.346. The van der Waals surface area contributed by atoms with Crippen molar-refractivity contribution in [3.8, 4) is 34.1 Å². The Morgan fingerprint density at radius 1 is 0.944 bits per heavy atom. The number of hydrogen-bond acceptors (Lipinski definition) is 10. The molecule has 1 aliphatic rings. The Morgan fingerprint density at radius 2 is 1.64 bits per heavy atom. The van der Waals surface area contributed by atoms with Crippen LogP contribution in [0.5, 0.6) is 23.0 Å². The zero-order valence-electron chi connectivity index (χ0n) is 21.1. The van der Waals surface area contributed by atoms with Gasteiger partial charge in [-0.15, -0.1) is 0 Å². The van der Waals surface area contributed by atoms with Gasteiger partial charge in [0.2, 0.25) is 0 Å². The van der Waals surface area contributed by atoms with Gasteiger partial charge in [0, 0.05) is 23.8 Å². The molecule has 192 valence electrons. The van der Waals surface area contributed by atoms with E-state index in [4.69, 9.17) is 33.2 Å². The molecule has 2 aromatic rings. The van der Waals surface area contributed by atoms with Crippen molar-refractivity contribution in [3.05, 3.63) is 40.6 Å². The number of fused-ring (bicyclic) bond motifs is 1. The van der Waals surface area contributed by atoms with Crippen LogP contribution >= 0.6 is 0 Å². The maximum absolute atomic E-state index is 12.9. The van der Waals surface area contributed by atoms with Crippen LogP contribution in [0.3, 0.4) is 0 Å². The van der Waals surface area contributed by atoms with Crippen molar-refractivity contribution >= 4 is 23.2 Å². The first-order valence-electron chi connectivity index (χ1n) is 10.9. The first-order chi connectivity index (χ1) is 17.4. The van der Waals surface area contributed by atoms with E-state index in [0.717, 1.165) is 0 Å². The number of carbonyl (C=O) groups is 1. The number of benzene rings is 2. The van der Waals surface area contributed by atoms with Crippen LogP contribution in [0.4, 0.5) is 0 Å². The van der Waals surface area contributed by atoms with E-state index < -0.39 is 17.8 Å². The van der Waals surface area contributed by atoms with Crippen molar-refractivity contribution in [3.63, 3.8) is 0 Å². The van der Waals surface area contributed by atoms with Gasteiger partial charge in [-0.1, -0.05) is 6.07 Å². The monoisotopic (exact) mass is 500 g/mol. The van der Waals surface area contributed by atoms with Crippen LogP contribution in [0.25, 0.3) is 22.5 Å². The molecule has 0 bridgehead atoms. The smallest absolute Gasteiger partial charge is 0.345 e. The molecule has 1 aliphatic carbocycles. The average molecular weight is 501 g/mol. The van der Waals surface area contributed by atoms with Crippen LogP contribution in [0.2, 0.25) is 0 Å². The van der Waals surface area contributed by atoms with Crippen LogP contribution in [-0.2, 0) is 23.7 Å². The number of aromatic hydroxyl groups is 1. The van der Waals surface area contributed by atoms with Crippen LogP contribution in [0.1, 0.15) is 28.4 Å². The van der Waals surface area contributed by atoms with Gasteiger partial charge in [-0.3, -0.25) is 0 Å². The van der Waals surface area contributed by atoms with E-state index in [1.54, 1.807) is 25.1 Å². The highest BCUT2D eigenvalue weighted by molar-refractivity contribution is 6.10. The molecule has 10 nitrogen and oxygen atoms in total. The molecule has 0 aliphatic heterocycles. The quantitative estimate of drug-likeness (QED) is 0.405. The molecule has 0 radical (unpaired) electrons. The Morgan fingerprint density at radius 3 is 2.14 bits per heavy atom. The Balaban J connectivity index is 2.67. The summed E-state index contributed by atoms with van der Waals surface area (Å²) in [5.74, 6) is 1.62. The van der Waals surface area contributed by atoms with E-state index in [-0.39, 0.29) is 46.1 Å². The Kier molecular flexibility index (Phi) is 8.14. The zero-order valence-corrected chi connectivity index (χ0v) is 21.1. The highest BCUT2D eigenvalue weighted by Crippen LogP contribution is 2.54. The normalized spacial score (nSPS) is 14.5. The lowest BCUT2D eigenvalue weighted by atomic mass is 9.80. The molecule has 0 spiro atoms. The fourth-order valence-electron chi connectivity index (χ4n) is 4.29. The van der Waals surface area contributed by atoms with Crippen molar-refractivity contribution in [1.29, 1.82) is 0 Å². The van der Waals surface area contributed by atoms with Gasteiger partial charge in [-0.05, 0) is 24.6 Å². The summed E-state index contributed by atoms with van der Waals surface area (Å²) in [6.45, 7) is 1.87. The Bertz CT molecular complexity index is 1250. The van der Waals surface area contributed by atoms with E-state index >= 15 is 0 Å². The lowest BCUT2D eigenvalue weighted by molar-refractivity contribution is 0.0592. The third kappa shape index (κ3) is 4.10. The van der Waals surface area contributed by atoms with Crippen LogP contribution < -0.4 is 14.2 Å². The zero-order chi connectivity index (χ0) is 26.6. The Labute approximate surface area is 208 Å². The minimum absolute atomic E-state index is 0.0129. The lowest BCUT2D eigenvalue weighted by Crippen LogP contribution is -2.26. The predicted octanol–water partition coefficient (Wildman–Crippen LogP) is 3.47. The van der Waals surface area contributed by atoms with Gasteiger partial charge < -0.3 is 38.3 Å². The lowest BCUT2D eigenvalue weighted by Gasteiger charge is -2.32. The molecule has 0 fully saturated rings. The van der Waals surface area contributed by atoms with Crippen LogP contribution in [0, 0.1) is 0 Å². The summed E-state index contributed by atoms with van der Waals surface area (Å²) in [5.41, 5.74) is 0.660. The molecule has 0 amide bonds. The molecule has 1 unspecified atom stereocenters. The number of hydrogen-bond donors (Lipinski definition) is 1. The average Bonchev–Trinajstić information content (AvgIpc) is 2.91. The summed E-state index contributed by atoms with van der Waals surface area (Å²) in [4.78, 5) is 25.2. The van der Waals surface area contributed by atoms with Crippen molar-refractivity contribution in [2.75, 3.05) is 49.3 Å². The van der Waals surface area contributed by atoms with Crippen molar-refractivity contribution in [2.45, 2.75) is 13.0 Å². The molecule has 0 saturated carbocycles. The molecular weight excluding hydrogens is 472 g/mol. The topological polar surface area (TPSA) is 119 Å². The minimum Gasteiger partial charge on any atom is -0.506 e. The van der Waals surface area contributed by atoms with E-state index in [1.807, 2.05) is 5.94 Å². The standard InChI is InChI=1S/C26H28O10/c1-8-36-23-17(13-9-10-15(30-2)16(11-13)31-3)19-18(21(28)20(23)26(29)35-7)14(12-27)22(32-4)25(34-6)24(19)33-5/h9-11,22,28H,8H2,1-7H3. The molecule has 2 aromatic carbocycles. The maximum atomic E-state index is 12.9. The van der Waals surface area contributed by atoms with Gasteiger partial charge in [0.25, 0.3) is 0 Å². The summed E-state index contributed by atoms with van der Waals surface area (Å²) < 4.78 is 38.5. The second-order valence-corrected chi connectivity index (χ2v) is 7.41. The summed E-state index contributed by atoms with van der Waals surface area (Å²) in [6.07, 6.45) is -1.07. The number of phenolic OH excluding ortho intramolecular Hbond substituents is 1. The van der Waals surface area contributed by atoms with Crippen LogP contribution in [0.15, 0.2) is 24.0 Å². The highest BCUT2D eigenvalue weighted by Gasteiger charge is 2.42. The van der Waals surface area contributed by atoms with Crippen molar-refractivity contribution < 1.29 is 47.9 Å². The predicted molar refractivity (Wildman–Crippen MR) is 130 cm³/mol. The minimum atomic E-state index is -1.07. The molecule has 0 aromatic heterocycles. The number of esters is 1. The van der Waals surface area contributed by atoms with E-state index in [1.165, 1.54) is 42.7 Å². The van der Waals surface area contributed by atoms with Gasteiger partial charge in [0.05, 0.1) is 47.7 Å². The van der Waals surface area contributed by atoms with Gasteiger partial charge in [0.1, 0.15) is 23.0 Å². The third-order valence-electron chi connectivity index (χ3n) is 5.77.